The van der Waals surface area contributed by atoms with E-state index in [4.69, 9.17) is 16.0 Å². The van der Waals surface area contributed by atoms with Crippen LogP contribution in [-0.2, 0) is 10.4 Å². The SMILES string of the molecule is N[C@H]1C(c2cccc(OS(=O)(=O)O)c2)C1c1cccc(C2C[C@H]2N)c1. The van der Waals surface area contributed by atoms with E-state index in [1.54, 1.807) is 12.1 Å². The molecule has 2 aliphatic rings. The first-order chi connectivity index (χ1) is 11.8. The molecule has 3 unspecified atom stereocenters. The normalized spacial score (nSPS) is 30.8. The van der Waals surface area contributed by atoms with Gasteiger partial charge in [0.05, 0.1) is 0 Å². The predicted octanol–water partition coefficient (Wildman–Crippen LogP) is 1.89. The number of hydrogen-bond donors (Lipinski definition) is 3. The highest BCUT2D eigenvalue weighted by molar-refractivity contribution is 7.81. The van der Waals surface area contributed by atoms with E-state index in [1.807, 2.05) is 12.1 Å². The molecule has 5 atom stereocenters. The van der Waals surface area contributed by atoms with Crippen LogP contribution in [0.25, 0.3) is 0 Å². The summed E-state index contributed by atoms with van der Waals surface area (Å²) < 4.78 is 35.1. The number of hydrogen-bond acceptors (Lipinski definition) is 5. The van der Waals surface area contributed by atoms with Gasteiger partial charge in [-0.1, -0.05) is 36.4 Å². The Balaban J connectivity index is 1.56. The molecule has 6 nitrogen and oxygen atoms in total. The van der Waals surface area contributed by atoms with E-state index < -0.39 is 10.4 Å². The van der Waals surface area contributed by atoms with Crippen molar-refractivity contribution < 1.29 is 17.2 Å². The maximum Gasteiger partial charge on any atom is 0.446 e. The molecule has 0 saturated heterocycles. The lowest BCUT2D eigenvalue weighted by Gasteiger charge is -2.06. The Labute approximate surface area is 146 Å². The zero-order valence-corrected chi connectivity index (χ0v) is 14.3. The first kappa shape index (κ1) is 16.5. The van der Waals surface area contributed by atoms with Crippen LogP contribution in [-0.4, -0.2) is 25.1 Å². The van der Waals surface area contributed by atoms with E-state index >= 15 is 0 Å². The lowest BCUT2D eigenvalue weighted by molar-refractivity contribution is 0.386. The van der Waals surface area contributed by atoms with Crippen LogP contribution in [0.5, 0.6) is 5.75 Å². The van der Waals surface area contributed by atoms with Gasteiger partial charge in [-0.2, -0.15) is 8.42 Å². The predicted molar refractivity (Wildman–Crippen MR) is 93.9 cm³/mol. The van der Waals surface area contributed by atoms with Crippen molar-refractivity contribution in [3.8, 4) is 5.75 Å². The Kier molecular flexibility index (Phi) is 3.84. The highest BCUT2D eigenvalue weighted by atomic mass is 32.3. The zero-order valence-electron chi connectivity index (χ0n) is 13.4. The fourth-order valence-corrected chi connectivity index (χ4v) is 4.03. The van der Waals surface area contributed by atoms with Gasteiger partial charge >= 0.3 is 10.4 Å². The van der Waals surface area contributed by atoms with Crippen LogP contribution >= 0.6 is 0 Å². The van der Waals surface area contributed by atoms with Crippen molar-refractivity contribution in [1.82, 2.24) is 0 Å². The van der Waals surface area contributed by atoms with Crippen LogP contribution in [0.2, 0.25) is 0 Å². The molecule has 4 rings (SSSR count). The third kappa shape index (κ3) is 3.41. The van der Waals surface area contributed by atoms with Crippen LogP contribution in [0, 0.1) is 0 Å². The average Bonchev–Trinajstić information content (AvgIpc) is 3.43. The van der Waals surface area contributed by atoms with Crippen LogP contribution in [0.1, 0.15) is 40.9 Å². The van der Waals surface area contributed by atoms with Gasteiger partial charge in [0.25, 0.3) is 0 Å². The summed E-state index contributed by atoms with van der Waals surface area (Å²) in [5.74, 6) is 0.791. The highest BCUT2D eigenvalue weighted by Crippen LogP contribution is 2.54. The van der Waals surface area contributed by atoms with Crippen LogP contribution < -0.4 is 15.7 Å². The van der Waals surface area contributed by atoms with Gasteiger partial charge in [-0.05, 0) is 35.2 Å². The van der Waals surface area contributed by atoms with Crippen molar-refractivity contribution >= 4 is 10.4 Å². The molecular formula is C18H20N2O4S. The molecule has 5 N–H and O–H groups in total. The maximum atomic E-state index is 10.9. The largest absolute Gasteiger partial charge is 0.446 e. The second kappa shape index (κ2) is 5.81. The summed E-state index contributed by atoms with van der Waals surface area (Å²) in [5, 5.41) is 0. The van der Waals surface area contributed by atoms with Gasteiger partial charge < -0.3 is 15.7 Å². The second-order valence-electron chi connectivity index (χ2n) is 6.89. The monoisotopic (exact) mass is 360 g/mol. The highest BCUT2D eigenvalue weighted by Gasteiger charge is 2.49. The summed E-state index contributed by atoms with van der Waals surface area (Å²) in [6.07, 6.45) is 1.03. The van der Waals surface area contributed by atoms with Gasteiger partial charge in [-0.25, -0.2) is 0 Å². The molecule has 132 valence electrons. The first-order valence-electron chi connectivity index (χ1n) is 8.21. The Hall–Kier alpha value is -1.93. The number of benzene rings is 2. The van der Waals surface area contributed by atoms with Gasteiger partial charge in [-0.3, -0.25) is 4.55 Å². The molecule has 0 heterocycles. The molecule has 2 saturated carbocycles. The van der Waals surface area contributed by atoms with Gasteiger partial charge in [-0.15, -0.1) is 0 Å². The molecule has 0 radical (unpaired) electrons. The summed E-state index contributed by atoms with van der Waals surface area (Å²) in [4.78, 5) is 0. The van der Waals surface area contributed by atoms with Crippen LogP contribution in [0.15, 0.2) is 48.5 Å². The Morgan fingerprint density at radius 1 is 0.960 bits per heavy atom. The van der Waals surface area contributed by atoms with Crippen molar-refractivity contribution in [1.29, 1.82) is 0 Å². The van der Waals surface area contributed by atoms with Crippen molar-refractivity contribution in [2.75, 3.05) is 0 Å². The molecule has 0 bridgehead atoms. The Morgan fingerprint density at radius 3 is 2.12 bits per heavy atom. The molecule has 0 aromatic heterocycles. The molecule has 2 aliphatic carbocycles. The Bertz CT molecular complexity index is 915. The van der Waals surface area contributed by atoms with Crippen molar-refractivity contribution in [2.45, 2.75) is 36.3 Å². The molecule has 2 aromatic carbocycles. The van der Waals surface area contributed by atoms with Gasteiger partial charge in [0.15, 0.2) is 0 Å². The van der Waals surface area contributed by atoms with E-state index in [0.717, 1.165) is 12.0 Å². The van der Waals surface area contributed by atoms with Crippen molar-refractivity contribution in [3.63, 3.8) is 0 Å². The lowest BCUT2D eigenvalue weighted by atomic mass is 10.0. The molecular weight excluding hydrogens is 340 g/mol. The minimum absolute atomic E-state index is 0.0379. The Morgan fingerprint density at radius 2 is 1.52 bits per heavy atom. The van der Waals surface area contributed by atoms with Crippen molar-refractivity contribution in [3.05, 3.63) is 65.2 Å². The average molecular weight is 360 g/mol. The number of rotatable bonds is 5. The molecule has 7 heteroatoms. The summed E-state index contributed by atoms with van der Waals surface area (Å²) in [6.45, 7) is 0. The third-order valence-electron chi connectivity index (χ3n) is 5.08. The quantitative estimate of drug-likeness (QED) is 0.701. The van der Waals surface area contributed by atoms with E-state index in [2.05, 4.69) is 22.4 Å². The van der Waals surface area contributed by atoms with Gasteiger partial charge in [0.1, 0.15) is 5.75 Å². The first-order valence-corrected chi connectivity index (χ1v) is 9.58. The van der Waals surface area contributed by atoms with Crippen molar-refractivity contribution in [2.24, 2.45) is 11.5 Å². The number of nitrogens with two attached hydrogens (primary N) is 2. The minimum atomic E-state index is -4.53. The summed E-state index contributed by atoms with van der Waals surface area (Å²) in [5.41, 5.74) is 15.6. The third-order valence-corrected chi connectivity index (χ3v) is 5.49. The van der Waals surface area contributed by atoms with E-state index in [1.165, 1.54) is 17.2 Å². The second-order valence-corrected chi connectivity index (χ2v) is 7.91. The molecule has 2 aromatic rings. The van der Waals surface area contributed by atoms with E-state index in [9.17, 15) is 8.42 Å². The molecule has 2 fully saturated rings. The summed E-state index contributed by atoms with van der Waals surface area (Å²) in [7, 11) is -4.53. The topological polar surface area (TPSA) is 116 Å². The van der Waals surface area contributed by atoms with Gasteiger partial charge in [0.2, 0.25) is 0 Å². The molecule has 0 spiro atoms. The smallest absolute Gasteiger partial charge is 0.362 e. The molecule has 0 amide bonds. The lowest BCUT2D eigenvalue weighted by Crippen LogP contribution is -2.07. The van der Waals surface area contributed by atoms with Crippen LogP contribution in [0.3, 0.4) is 0 Å². The molecule has 25 heavy (non-hydrogen) atoms. The standard InChI is InChI=1S/C18H20N2O4S/c19-15-9-14(15)10-3-1-4-11(7-10)16-17(18(16)20)12-5-2-6-13(8-12)24-25(21,22)23/h1-8,14-18H,9,19-20H2,(H,21,22,23)/t14?,15-,16?,17?,18-/m1/s1. The zero-order chi connectivity index (χ0) is 17.8. The summed E-state index contributed by atoms with van der Waals surface area (Å²) in [6, 6.07) is 15.3. The fraction of sp³-hybridized carbons (Fsp3) is 0.333. The summed E-state index contributed by atoms with van der Waals surface area (Å²) >= 11 is 0. The van der Waals surface area contributed by atoms with Crippen LogP contribution in [0.4, 0.5) is 0 Å². The van der Waals surface area contributed by atoms with E-state index in [-0.39, 0.29) is 29.7 Å². The minimum Gasteiger partial charge on any atom is -0.362 e. The fourth-order valence-electron chi connectivity index (χ4n) is 3.68. The van der Waals surface area contributed by atoms with Gasteiger partial charge in [0, 0.05) is 29.8 Å². The molecule has 0 aliphatic heterocycles. The van der Waals surface area contributed by atoms with E-state index in [0.29, 0.717) is 5.92 Å². The maximum absolute atomic E-state index is 10.9.